The molecule has 286 valence electrons. The lowest BCUT2D eigenvalue weighted by Crippen LogP contribution is -2.38. The van der Waals surface area contributed by atoms with Gasteiger partial charge >= 0.3 is 0 Å². The number of carbonyl (C=O) groups is 2. The Balaban J connectivity index is 1.04. The number of anilines is 2. The number of para-hydroxylation sites is 2. The lowest BCUT2D eigenvalue weighted by Gasteiger charge is -2.39. The van der Waals surface area contributed by atoms with E-state index in [1.165, 1.54) is 5.56 Å². The summed E-state index contributed by atoms with van der Waals surface area (Å²) < 4.78 is 13.3. The number of amides is 2. The molecule has 0 spiro atoms. The number of rotatable bonds is 16. The average molecular weight is 741 g/mol. The molecule has 0 aliphatic carbocycles. The molecule has 5 aromatic rings. The molecule has 9 nitrogen and oxygen atoms in total. The second-order valence-corrected chi connectivity index (χ2v) is 14.3. The van der Waals surface area contributed by atoms with Gasteiger partial charge in [0.1, 0.15) is 0 Å². The second kappa shape index (κ2) is 19.3. The van der Waals surface area contributed by atoms with Crippen molar-refractivity contribution >= 4 is 23.2 Å². The Bertz CT molecular complexity index is 1990. The number of nitrogens with two attached hydrogens (primary N) is 1. The molecule has 1 fully saturated rings. The minimum atomic E-state index is -0.547. The van der Waals surface area contributed by atoms with Crippen LogP contribution in [0.3, 0.4) is 0 Å². The van der Waals surface area contributed by atoms with Crippen LogP contribution >= 0.6 is 0 Å². The van der Waals surface area contributed by atoms with Gasteiger partial charge in [0.25, 0.3) is 0 Å². The molecule has 0 unspecified atom stereocenters. The number of aliphatic hydroxyl groups is 1. The topological polar surface area (TPSA) is 126 Å². The predicted molar refractivity (Wildman–Crippen MR) is 218 cm³/mol. The number of benzene rings is 5. The fourth-order valence-corrected chi connectivity index (χ4v) is 6.88. The number of aliphatic hydroxyl groups excluding tert-OH is 1. The minimum Gasteiger partial charge on any atom is -0.397 e. The largest absolute Gasteiger partial charge is 0.397 e. The van der Waals surface area contributed by atoms with Gasteiger partial charge in [-0.25, -0.2) is 0 Å². The standard InChI is InChI=1S/C46H52N4O5/c1-32(35-12-4-3-5-13-35)50(2)30-40-28-43(37-21-19-33(31-51)20-22-37)55-46(54-40)38-25-23-36(24-26-38)39-14-10-11-34(27-39)29-48-44(52)17-8-9-18-45(53)49-42-16-7-6-15-41(42)47/h3-7,10-16,19-27,32,40,43,46,51H,8-9,17-18,28-31,47H2,1-2H3,(H,48,52)(H,49,53)/t32-,40+,43-,46-/m0/s1. The molecule has 1 aliphatic heterocycles. The van der Waals surface area contributed by atoms with Crippen LogP contribution in [0.4, 0.5) is 11.4 Å². The number of nitrogens with zero attached hydrogens (tertiary/aromatic N) is 1. The first-order valence-electron chi connectivity index (χ1n) is 19.1. The van der Waals surface area contributed by atoms with Crippen LogP contribution in [-0.4, -0.2) is 41.5 Å². The van der Waals surface area contributed by atoms with E-state index in [0.717, 1.165) is 39.9 Å². The van der Waals surface area contributed by atoms with E-state index in [1.807, 2.05) is 54.6 Å². The second-order valence-electron chi connectivity index (χ2n) is 14.3. The quantitative estimate of drug-likeness (QED) is 0.0591. The van der Waals surface area contributed by atoms with Crippen LogP contribution in [0.5, 0.6) is 0 Å². The van der Waals surface area contributed by atoms with E-state index in [2.05, 4.69) is 90.2 Å². The zero-order chi connectivity index (χ0) is 38.6. The summed E-state index contributed by atoms with van der Waals surface area (Å²) in [4.78, 5) is 27.2. The molecular formula is C46H52N4O5. The maximum Gasteiger partial charge on any atom is 0.224 e. The monoisotopic (exact) mass is 740 g/mol. The van der Waals surface area contributed by atoms with Crippen molar-refractivity contribution in [3.63, 3.8) is 0 Å². The molecule has 2 amide bonds. The molecule has 6 rings (SSSR count). The summed E-state index contributed by atoms with van der Waals surface area (Å²) in [7, 11) is 2.14. The first-order chi connectivity index (χ1) is 26.7. The Labute approximate surface area is 324 Å². The maximum atomic E-state index is 12.6. The molecule has 1 aliphatic rings. The molecule has 0 bridgehead atoms. The Hall–Kier alpha value is -5.32. The number of nitrogen functional groups attached to an aromatic ring is 1. The lowest BCUT2D eigenvalue weighted by atomic mass is 9.98. The van der Waals surface area contributed by atoms with Crippen LogP contribution in [0, 0.1) is 0 Å². The van der Waals surface area contributed by atoms with E-state index >= 15 is 0 Å². The third kappa shape index (κ3) is 11.1. The molecule has 1 saturated heterocycles. The molecule has 0 radical (unpaired) electrons. The van der Waals surface area contributed by atoms with Crippen molar-refractivity contribution in [2.45, 2.75) is 76.7 Å². The number of hydrogen-bond donors (Lipinski definition) is 4. The van der Waals surface area contributed by atoms with E-state index in [9.17, 15) is 14.7 Å². The van der Waals surface area contributed by atoms with Gasteiger partial charge in [-0.15, -0.1) is 0 Å². The summed E-state index contributed by atoms with van der Waals surface area (Å²) in [5.74, 6) is -0.158. The molecule has 9 heteroatoms. The van der Waals surface area contributed by atoms with Gasteiger partial charge < -0.3 is 30.9 Å². The molecular weight excluding hydrogens is 689 g/mol. The van der Waals surface area contributed by atoms with E-state index in [1.54, 1.807) is 12.1 Å². The Morgan fingerprint density at radius 3 is 2.20 bits per heavy atom. The number of ether oxygens (including phenoxy) is 2. The first-order valence-corrected chi connectivity index (χ1v) is 19.1. The van der Waals surface area contributed by atoms with E-state index < -0.39 is 6.29 Å². The predicted octanol–water partition coefficient (Wildman–Crippen LogP) is 8.48. The Morgan fingerprint density at radius 2 is 1.47 bits per heavy atom. The summed E-state index contributed by atoms with van der Waals surface area (Å²) in [6.45, 7) is 3.38. The van der Waals surface area contributed by atoms with Crippen molar-refractivity contribution in [3.05, 3.63) is 155 Å². The van der Waals surface area contributed by atoms with Crippen LogP contribution in [0.15, 0.2) is 127 Å². The first kappa shape index (κ1) is 39.4. The van der Waals surface area contributed by atoms with Crippen LogP contribution < -0.4 is 16.4 Å². The molecule has 0 saturated carbocycles. The third-order valence-electron chi connectivity index (χ3n) is 10.3. The van der Waals surface area contributed by atoms with Gasteiger partial charge in [-0.1, -0.05) is 109 Å². The van der Waals surface area contributed by atoms with Crippen molar-refractivity contribution in [1.29, 1.82) is 0 Å². The van der Waals surface area contributed by atoms with Crippen molar-refractivity contribution < 1.29 is 24.2 Å². The number of hydrogen-bond acceptors (Lipinski definition) is 7. The van der Waals surface area contributed by atoms with Gasteiger partial charge in [0.05, 0.1) is 30.2 Å². The Morgan fingerprint density at radius 1 is 0.782 bits per heavy atom. The van der Waals surface area contributed by atoms with Crippen LogP contribution in [-0.2, 0) is 32.2 Å². The maximum absolute atomic E-state index is 12.6. The average Bonchev–Trinajstić information content (AvgIpc) is 3.22. The van der Waals surface area contributed by atoms with Gasteiger partial charge in [0, 0.05) is 44.0 Å². The highest BCUT2D eigenvalue weighted by atomic mass is 16.7. The summed E-state index contributed by atoms with van der Waals surface area (Å²) in [5, 5.41) is 15.4. The zero-order valence-electron chi connectivity index (χ0n) is 31.7. The highest BCUT2D eigenvalue weighted by Crippen LogP contribution is 2.39. The van der Waals surface area contributed by atoms with Gasteiger partial charge in [-0.05, 0) is 78.4 Å². The number of likely N-dealkylation sites (N-methyl/N-ethyl adjacent to an activating group) is 1. The van der Waals surface area contributed by atoms with E-state index in [-0.39, 0.29) is 36.7 Å². The molecule has 5 N–H and O–H groups in total. The summed E-state index contributed by atoms with van der Waals surface area (Å²) in [6.07, 6.45) is 1.84. The van der Waals surface area contributed by atoms with Crippen LogP contribution in [0.1, 0.15) is 85.3 Å². The fourth-order valence-electron chi connectivity index (χ4n) is 6.88. The van der Waals surface area contributed by atoms with Crippen molar-refractivity contribution in [2.75, 3.05) is 24.6 Å². The number of nitrogens with one attached hydrogen (secondary N) is 2. The zero-order valence-corrected chi connectivity index (χ0v) is 31.7. The highest BCUT2D eigenvalue weighted by molar-refractivity contribution is 5.93. The molecule has 1 heterocycles. The molecule has 5 aromatic carbocycles. The fraction of sp³-hybridized carbons (Fsp3) is 0.304. The summed E-state index contributed by atoms with van der Waals surface area (Å²) >= 11 is 0. The summed E-state index contributed by atoms with van der Waals surface area (Å²) in [5.41, 5.74) is 14.3. The van der Waals surface area contributed by atoms with Gasteiger partial charge in [0.15, 0.2) is 6.29 Å². The third-order valence-corrected chi connectivity index (χ3v) is 10.3. The molecule has 4 atom stereocenters. The number of unbranched alkanes of at least 4 members (excludes halogenated alkanes) is 1. The lowest BCUT2D eigenvalue weighted by molar-refractivity contribution is -0.253. The van der Waals surface area contributed by atoms with Crippen molar-refractivity contribution in [3.8, 4) is 11.1 Å². The molecule has 55 heavy (non-hydrogen) atoms. The summed E-state index contributed by atoms with van der Waals surface area (Å²) in [6, 6.07) is 42.3. The Kier molecular flexibility index (Phi) is 13.8. The molecule has 0 aromatic heterocycles. The van der Waals surface area contributed by atoms with E-state index in [0.29, 0.717) is 50.0 Å². The smallest absolute Gasteiger partial charge is 0.224 e. The van der Waals surface area contributed by atoms with Gasteiger partial charge in [-0.2, -0.15) is 0 Å². The van der Waals surface area contributed by atoms with E-state index in [4.69, 9.17) is 15.2 Å². The normalized spacial score (nSPS) is 17.4. The van der Waals surface area contributed by atoms with Crippen molar-refractivity contribution in [1.82, 2.24) is 10.2 Å². The van der Waals surface area contributed by atoms with Crippen LogP contribution in [0.25, 0.3) is 11.1 Å². The SMILES string of the molecule is C[C@@H](c1ccccc1)N(C)C[C@H]1C[C@@H](c2ccc(CO)cc2)O[C@@H](c2ccc(-c3cccc(CNC(=O)CCCCC(=O)Nc4ccccc4N)c3)cc2)O1. The number of carbonyl (C=O) groups excluding carboxylic acids is 2. The van der Waals surface area contributed by atoms with Crippen molar-refractivity contribution in [2.24, 2.45) is 0 Å². The van der Waals surface area contributed by atoms with Gasteiger partial charge in [-0.3, -0.25) is 14.5 Å². The minimum absolute atomic E-state index is 0.00177. The highest BCUT2D eigenvalue weighted by Gasteiger charge is 2.33. The van der Waals surface area contributed by atoms with Crippen LogP contribution in [0.2, 0.25) is 0 Å². The van der Waals surface area contributed by atoms with Gasteiger partial charge in [0.2, 0.25) is 11.8 Å².